The second-order valence-corrected chi connectivity index (χ2v) is 6.16. The van der Waals surface area contributed by atoms with Crippen molar-refractivity contribution in [3.8, 4) is 16.6 Å². The molecule has 0 aliphatic rings. The molecule has 0 radical (unpaired) electrons. The number of hydrogen-bond acceptors (Lipinski definition) is 6. The van der Waals surface area contributed by atoms with Gasteiger partial charge in [0.15, 0.2) is 10.8 Å². The van der Waals surface area contributed by atoms with Gasteiger partial charge in [0.05, 0.1) is 6.54 Å². The summed E-state index contributed by atoms with van der Waals surface area (Å²) in [6.07, 6.45) is 1.40. The first-order valence-corrected chi connectivity index (χ1v) is 8.30. The molecule has 0 saturated carbocycles. The van der Waals surface area contributed by atoms with E-state index in [1.54, 1.807) is 5.38 Å². The van der Waals surface area contributed by atoms with Crippen LogP contribution in [0.5, 0.6) is 5.75 Å². The Balaban J connectivity index is 1.49. The van der Waals surface area contributed by atoms with Gasteiger partial charge >= 0.3 is 0 Å². The second-order valence-electron chi connectivity index (χ2n) is 5.30. The van der Waals surface area contributed by atoms with Crippen molar-refractivity contribution in [1.29, 1.82) is 0 Å². The van der Waals surface area contributed by atoms with Crippen LogP contribution in [0.4, 0.5) is 0 Å². The first-order chi connectivity index (χ1) is 11.6. The van der Waals surface area contributed by atoms with Crippen molar-refractivity contribution in [2.75, 3.05) is 13.2 Å². The van der Waals surface area contributed by atoms with E-state index < -0.39 is 0 Å². The Hall–Kier alpha value is -2.74. The zero-order chi connectivity index (χ0) is 16.9. The molecule has 24 heavy (non-hydrogen) atoms. The quantitative estimate of drug-likeness (QED) is 0.670. The maximum Gasteiger partial charge on any atom is 0.270 e. The molecule has 3 aromatic rings. The topological polar surface area (TPSA) is 92.8 Å². The first-order valence-electron chi connectivity index (χ1n) is 7.42. The number of nitrogens with one attached hydrogen (secondary N) is 2. The average molecular weight is 343 g/mol. The largest absolute Gasteiger partial charge is 0.492 e. The van der Waals surface area contributed by atoms with Crippen molar-refractivity contribution in [2.45, 2.75) is 13.8 Å². The van der Waals surface area contributed by atoms with E-state index in [9.17, 15) is 4.79 Å². The van der Waals surface area contributed by atoms with Crippen LogP contribution < -0.4 is 10.1 Å². The fourth-order valence-electron chi connectivity index (χ4n) is 2.24. The standard InChI is InChI=1S/C16H17N5O2S/c1-10-5-11(2)7-12(6-10)23-4-3-17-15(22)13-8-24-16(20-13)14-18-9-19-21-14/h5-9H,3-4H2,1-2H3,(H,17,22)(H,18,19,21). The lowest BCUT2D eigenvalue weighted by molar-refractivity contribution is 0.0943. The molecule has 2 aromatic heterocycles. The number of carbonyl (C=O) groups excluding carboxylic acids is 1. The van der Waals surface area contributed by atoms with Crippen LogP contribution >= 0.6 is 11.3 Å². The van der Waals surface area contributed by atoms with E-state index in [1.165, 1.54) is 17.7 Å². The molecule has 0 aliphatic carbocycles. The Labute approximate surface area is 143 Å². The third kappa shape index (κ3) is 3.96. The molecule has 0 fully saturated rings. The molecule has 2 heterocycles. The van der Waals surface area contributed by atoms with E-state index in [2.05, 4.69) is 31.5 Å². The van der Waals surface area contributed by atoms with Gasteiger partial charge in [0.25, 0.3) is 5.91 Å². The highest BCUT2D eigenvalue weighted by Gasteiger charge is 2.12. The van der Waals surface area contributed by atoms with E-state index in [0.717, 1.165) is 16.9 Å². The summed E-state index contributed by atoms with van der Waals surface area (Å²) in [5, 5.41) is 11.6. The van der Waals surface area contributed by atoms with Gasteiger partial charge in [-0.2, -0.15) is 5.10 Å². The van der Waals surface area contributed by atoms with Crippen molar-refractivity contribution >= 4 is 17.2 Å². The van der Waals surface area contributed by atoms with Crippen LogP contribution in [0.3, 0.4) is 0 Å². The minimum Gasteiger partial charge on any atom is -0.492 e. The van der Waals surface area contributed by atoms with E-state index in [1.807, 2.05) is 26.0 Å². The van der Waals surface area contributed by atoms with Crippen molar-refractivity contribution in [3.63, 3.8) is 0 Å². The molecule has 0 aliphatic heterocycles. The molecular formula is C16H17N5O2S. The van der Waals surface area contributed by atoms with Crippen molar-refractivity contribution in [3.05, 3.63) is 46.7 Å². The summed E-state index contributed by atoms with van der Waals surface area (Å²) >= 11 is 1.34. The maximum atomic E-state index is 12.1. The summed E-state index contributed by atoms with van der Waals surface area (Å²) in [6.45, 7) is 4.85. The average Bonchev–Trinajstić information content (AvgIpc) is 3.20. The van der Waals surface area contributed by atoms with Gasteiger partial charge in [-0.1, -0.05) is 6.07 Å². The summed E-state index contributed by atoms with van der Waals surface area (Å²) in [6, 6.07) is 6.03. The highest BCUT2D eigenvalue weighted by Crippen LogP contribution is 2.19. The fraction of sp³-hybridized carbons (Fsp3) is 0.250. The number of carbonyl (C=O) groups is 1. The zero-order valence-corrected chi connectivity index (χ0v) is 14.2. The van der Waals surface area contributed by atoms with E-state index >= 15 is 0 Å². The molecule has 1 aromatic carbocycles. The summed E-state index contributed by atoms with van der Waals surface area (Å²) < 4.78 is 5.66. The SMILES string of the molecule is Cc1cc(C)cc(OCCNC(=O)c2csc(-c3ncn[nH]3)n2)c1. The summed E-state index contributed by atoms with van der Waals surface area (Å²) in [7, 11) is 0. The lowest BCUT2D eigenvalue weighted by Gasteiger charge is -2.08. The van der Waals surface area contributed by atoms with E-state index in [0.29, 0.717) is 29.7 Å². The molecule has 8 heteroatoms. The number of amides is 1. The molecule has 3 rings (SSSR count). The number of aromatic nitrogens is 4. The van der Waals surface area contributed by atoms with Gasteiger partial charge in [0, 0.05) is 5.38 Å². The molecular weight excluding hydrogens is 326 g/mol. The number of nitrogens with zero attached hydrogens (tertiary/aromatic N) is 3. The highest BCUT2D eigenvalue weighted by molar-refractivity contribution is 7.13. The molecule has 124 valence electrons. The van der Waals surface area contributed by atoms with Gasteiger partial charge in [-0.3, -0.25) is 9.89 Å². The number of H-pyrrole nitrogens is 1. The Morgan fingerprint density at radius 3 is 2.79 bits per heavy atom. The Bertz CT molecular complexity index is 809. The molecule has 7 nitrogen and oxygen atoms in total. The normalized spacial score (nSPS) is 10.6. The van der Waals surface area contributed by atoms with Crippen LogP contribution in [-0.2, 0) is 0 Å². The highest BCUT2D eigenvalue weighted by atomic mass is 32.1. The molecule has 1 amide bonds. The predicted molar refractivity (Wildman–Crippen MR) is 91.2 cm³/mol. The lowest BCUT2D eigenvalue weighted by Crippen LogP contribution is -2.28. The van der Waals surface area contributed by atoms with Gasteiger partial charge in [-0.15, -0.1) is 11.3 Å². The second kappa shape index (κ2) is 7.22. The monoisotopic (exact) mass is 343 g/mol. The molecule has 2 N–H and O–H groups in total. The number of thiazole rings is 1. The Morgan fingerprint density at radius 2 is 2.08 bits per heavy atom. The fourth-order valence-corrected chi connectivity index (χ4v) is 2.98. The summed E-state index contributed by atoms with van der Waals surface area (Å²) in [4.78, 5) is 20.3. The van der Waals surface area contributed by atoms with Crippen LogP contribution in [0.1, 0.15) is 21.6 Å². The van der Waals surface area contributed by atoms with Gasteiger partial charge in [-0.25, -0.2) is 9.97 Å². The number of rotatable bonds is 6. The third-order valence-electron chi connectivity index (χ3n) is 3.21. The molecule has 0 unspecified atom stereocenters. The lowest BCUT2D eigenvalue weighted by atomic mass is 10.1. The Morgan fingerprint density at radius 1 is 1.29 bits per heavy atom. The number of hydrogen-bond donors (Lipinski definition) is 2. The minimum atomic E-state index is -0.235. The van der Waals surface area contributed by atoms with Crippen LogP contribution in [0.15, 0.2) is 29.9 Å². The van der Waals surface area contributed by atoms with Crippen molar-refractivity contribution in [2.24, 2.45) is 0 Å². The van der Waals surface area contributed by atoms with Crippen LogP contribution in [0.25, 0.3) is 10.8 Å². The van der Waals surface area contributed by atoms with Crippen molar-refractivity contribution < 1.29 is 9.53 Å². The number of aromatic amines is 1. The zero-order valence-electron chi connectivity index (χ0n) is 13.4. The molecule has 0 spiro atoms. The number of benzene rings is 1. The van der Waals surface area contributed by atoms with E-state index in [-0.39, 0.29) is 5.91 Å². The van der Waals surface area contributed by atoms with Gasteiger partial charge in [0.2, 0.25) is 0 Å². The van der Waals surface area contributed by atoms with Gasteiger partial charge in [-0.05, 0) is 37.1 Å². The first kappa shape index (κ1) is 16.1. The number of ether oxygens (including phenoxy) is 1. The minimum absolute atomic E-state index is 0.235. The molecule has 0 atom stereocenters. The van der Waals surface area contributed by atoms with E-state index in [4.69, 9.17) is 4.74 Å². The Kier molecular flexibility index (Phi) is 4.85. The maximum absolute atomic E-state index is 12.1. The summed E-state index contributed by atoms with van der Waals surface area (Å²) in [5.41, 5.74) is 2.66. The van der Waals surface area contributed by atoms with Gasteiger partial charge < -0.3 is 10.1 Å². The number of aryl methyl sites for hydroxylation is 2. The molecule has 0 bridgehead atoms. The van der Waals surface area contributed by atoms with Crippen LogP contribution in [0, 0.1) is 13.8 Å². The van der Waals surface area contributed by atoms with Crippen LogP contribution in [-0.4, -0.2) is 39.2 Å². The molecule has 0 saturated heterocycles. The van der Waals surface area contributed by atoms with Crippen LogP contribution in [0.2, 0.25) is 0 Å². The van der Waals surface area contributed by atoms with Gasteiger partial charge in [0.1, 0.15) is 24.4 Å². The smallest absolute Gasteiger partial charge is 0.270 e. The summed E-state index contributed by atoms with van der Waals surface area (Å²) in [5.74, 6) is 1.13. The predicted octanol–water partition coefficient (Wildman–Crippen LogP) is 2.35. The van der Waals surface area contributed by atoms with Crippen molar-refractivity contribution in [1.82, 2.24) is 25.5 Å². The third-order valence-corrected chi connectivity index (χ3v) is 4.05.